The van der Waals surface area contributed by atoms with Gasteiger partial charge in [0.2, 0.25) is 5.91 Å². The van der Waals surface area contributed by atoms with Gasteiger partial charge < -0.3 is 18.8 Å². The number of carbonyl (C=O) groups excluding carboxylic acids is 1. The molecule has 176 valence electrons. The fraction of sp³-hybridized carbons (Fsp3) is 0.800. The van der Waals surface area contributed by atoms with E-state index in [2.05, 4.69) is 47.0 Å². The number of rotatable bonds is 6. The Balaban J connectivity index is 1.84. The van der Waals surface area contributed by atoms with Crippen molar-refractivity contribution in [2.24, 2.45) is 0 Å². The fourth-order valence-electron chi connectivity index (χ4n) is 5.06. The summed E-state index contributed by atoms with van der Waals surface area (Å²) in [6, 6.07) is -0.132. The molecule has 2 heterocycles. The van der Waals surface area contributed by atoms with Crippen LogP contribution >= 0.6 is 0 Å². The normalized spacial score (nSPS) is 31.6. The largest absolute Gasteiger partial charge is 0.414 e. The second kappa shape index (κ2) is 9.50. The van der Waals surface area contributed by atoms with E-state index in [0.29, 0.717) is 13.0 Å². The van der Waals surface area contributed by atoms with Gasteiger partial charge in [-0.25, -0.2) is 0 Å². The molecule has 0 aromatic heterocycles. The minimum absolute atomic E-state index is 0.0625. The van der Waals surface area contributed by atoms with Crippen LogP contribution in [0.3, 0.4) is 0 Å². The van der Waals surface area contributed by atoms with Gasteiger partial charge in [-0.3, -0.25) is 4.79 Å². The lowest BCUT2D eigenvalue weighted by atomic mass is 9.89. The second-order valence-corrected chi connectivity index (χ2v) is 15.8. The molecule has 0 bridgehead atoms. The molecular formula is C25H43NO4Si. The molecule has 1 amide bonds. The smallest absolute Gasteiger partial charge is 0.227 e. The van der Waals surface area contributed by atoms with Crippen LogP contribution in [0.15, 0.2) is 25.3 Å². The van der Waals surface area contributed by atoms with Crippen molar-refractivity contribution in [3.05, 3.63) is 25.3 Å². The lowest BCUT2D eigenvalue weighted by molar-refractivity contribution is -0.196. The summed E-state index contributed by atoms with van der Waals surface area (Å²) in [4.78, 5) is 15.1. The molecule has 1 saturated carbocycles. The maximum atomic E-state index is 13.1. The molecule has 0 aromatic rings. The predicted octanol–water partition coefficient (Wildman–Crippen LogP) is 5.57. The monoisotopic (exact) mass is 449 g/mol. The van der Waals surface area contributed by atoms with Crippen molar-refractivity contribution < 1.29 is 18.7 Å². The van der Waals surface area contributed by atoms with Crippen molar-refractivity contribution in [2.45, 2.75) is 120 Å². The fourth-order valence-corrected chi connectivity index (χ4v) is 6.44. The summed E-state index contributed by atoms with van der Waals surface area (Å²) in [5.74, 6) is -0.364. The highest BCUT2D eigenvalue weighted by molar-refractivity contribution is 6.74. The average Bonchev–Trinajstić information content (AvgIpc) is 3.10. The van der Waals surface area contributed by atoms with Gasteiger partial charge in [0.15, 0.2) is 14.1 Å². The number of hydrogen-bond acceptors (Lipinski definition) is 4. The molecule has 5 nitrogen and oxygen atoms in total. The summed E-state index contributed by atoms with van der Waals surface area (Å²) >= 11 is 0. The molecule has 6 heteroatoms. The second-order valence-electron chi connectivity index (χ2n) is 11.1. The zero-order chi connectivity index (χ0) is 22.9. The molecule has 0 aromatic carbocycles. The third-order valence-electron chi connectivity index (χ3n) is 7.79. The number of nitrogens with zero attached hydrogens (tertiary/aromatic N) is 1. The zero-order valence-corrected chi connectivity index (χ0v) is 21.3. The van der Waals surface area contributed by atoms with Crippen LogP contribution in [-0.4, -0.2) is 55.8 Å². The first-order chi connectivity index (χ1) is 14.5. The third-order valence-corrected chi connectivity index (χ3v) is 12.3. The molecule has 3 rings (SSSR count). The van der Waals surface area contributed by atoms with Crippen molar-refractivity contribution in [1.29, 1.82) is 0 Å². The lowest BCUT2D eigenvalue weighted by Crippen LogP contribution is -2.59. The number of ether oxygens (including phenoxy) is 2. The van der Waals surface area contributed by atoms with Gasteiger partial charge in [0, 0.05) is 25.4 Å². The van der Waals surface area contributed by atoms with Crippen molar-refractivity contribution in [3.8, 4) is 0 Å². The maximum Gasteiger partial charge on any atom is 0.227 e. The van der Waals surface area contributed by atoms with Crippen molar-refractivity contribution in [2.75, 3.05) is 6.61 Å². The number of carbonyl (C=O) groups is 1. The van der Waals surface area contributed by atoms with Crippen LogP contribution in [0.2, 0.25) is 18.1 Å². The molecule has 0 radical (unpaired) electrons. The summed E-state index contributed by atoms with van der Waals surface area (Å²) in [6.45, 7) is 19.8. The average molecular weight is 450 g/mol. The topological polar surface area (TPSA) is 48.0 Å². The Bertz CT molecular complexity index is 665. The van der Waals surface area contributed by atoms with Gasteiger partial charge in [-0.2, -0.15) is 0 Å². The molecule has 3 aliphatic rings. The van der Waals surface area contributed by atoms with E-state index in [9.17, 15) is 4.79 Å². The first kappa shape index (κ1) is 24.7. The van der Waals surface area contributed by atoms with Gasteiger partial charge >= 0.3 is 0 Å². The number of likely N-dealkylation sites (tertiary alicyclic amines) is 1. The van der Waals surface area contributed by atoms with Crippen LogP contribution < -0.4 is 0 Å². The van der Waals surface area contributed by atoms with Crippen LogP contribution in [0.5, 0.6) is 0 Å². The van der Waals surface area contributed by atoms with E-state index < -0.39 is 14.1 Å². The van der Waals surface area contributed by atoms with Gasteiger partial charge in [-0.1, -0.05) is 39.3 Å². The van der Waals surface area contributed by atoms with Crippen molar-refractivity contribution in [3.63, 3.8) is 0 Å². The first-order valence-corrected chi connectivity index (χ1v) is 15.0. The van der Waals surface area contributed by atoms with Gasteiger partial charge in [-0.05, 0) is 43.8 Å². The molecule has 31 heavy (non-hydrogen) atoms. The van der Waals surface area contributed by atoms with Crippen molar-refractivity contribution >= 4 is 14.2 Å². The SMILES string of the molecule is C=CCC(=O)N1[C@@H](C=C)C[C@@H](O[Si](C)(C)C(C)(C)C)C[C@H]1[C@H]1COC2(CCCCC2)O1. The van der Waals surface area contributed by atoms with Gasteiger partial charge in [0.1, 0.15) is 6.10 Å². The molecule has 2 aliphatic heterocycles. The van der Waals surface area contributed by atoms with E-state index in [4.69, 9.17) is 13.9 Å². The Labute approximate surface area is 190 Å². The Morgan fingerprint density at radius 1 is 1.19 bits per heavy atom. The van der Waals surface area contributed by atoms with E-state index in [1.54, 1.807) is 6.08 Å². The summed E-state index contributed by atoms with van der Waals surface area (Å²) in [7, 11) is -1.93. The van der Waals surface area contributed by atoms with E-state index in [0.717, 1.165) is 38.5 Å². The number of amides is 1. The molecule has 4 atom stereocenters. The molecular weight excluding hydrogens is 406 g/mol. The summed E-state index contributed by atoms with van der Waals surface area (Å²) in [5, 5.41) is 0.140. The maximum absolute atomic E-state index is 13.1. The van der Waals surface area contributed by atoms with Crippen LogP contribution in [0, 0.1) is 0 Å². The lowest BCUT2D eigenvalue weighted by Gasteiger charge is -2.49. The Kier molecular flexibility index (Phi) is 7.56. The number of piperidine rings is 1. The van der Waals surface area contributed by atoms with Crippen LogP contribution in [0.25, 0.3) is 0 Å². The summed E-state index contributed by atoms with van der Waals surface area (Å²) in [5.41, 5.74) is 0. The van der Waals surface area contributed by atoms with Crippen molar-refractivity contribution in [1.82, 2.24) is 4.90 Å². The molecule has 1 spiro atoms. The standard InChI is InChI=1S/C25H43NO4Si/c1-8-13-23(27)26-19(9-2)16-20(30-31(6,7)24(3,4)5)17-21(26)22-18-28-25(29-22)14-11-10-12-15-25/h8-9,19-22H,1-2,10-18H2,3-7H3/t19-,20+,21-,22+/m0/s1. The van der Waals surface area contributed by atoms with E-state index in [1.807, 2.05) is 11.0 Å². The quantitative estimate of drug-likeness (QED) is 0.393. The van der Waals surface area contributed by atoms with Crippen LogP contribution in [-0.2, 0) is 18.7 Å². The van der Waals surface area contributed by atoms with Gasteiger partial charge in [-0.15, -0.1) is 13.2 Å². The zero-order valence-electron chi connectivity index (χ0n) is 20.3. The first-order valence-electron chi connectivity index (χ1n) is 12.1. The van der Waals surface area contributed by atoms with E-state index in [-0.39, 0.29) is 35.2 Å². The van der Waals surface area contributed by atoms with E-state index in [1.165, 1.54) is 6.42 Å². The molecule has 0 N–H and O–H groups in total. The molecule has 1 aliphatic carbocycles. The Morgan fingerprint density at radius 3 is 2.45 bits per heavy atom. The van der Waals surface area contributed by atoms with Gasteiger partial charge in [0.05, 0.1) is 18.7 Å². The highest BCUT2D eigenvalue weighted by Crippen LogP contribution is 2.43. The summed E-state index contributed by atoms with van der Waals surface area (Å²) < 4.78 is 19.7. The highest BCUT2D eigenvalue weighted by Gasteiger charge is 2.50. The minimum atomic E-state index is -1.93. The molecule has 0 unspecified atom stereocenters. The molecule has 2 saturated heterocycles. The summed E-state index contributed by atoms with van der Waals surface area (Å²) in [6.07, 6.45) is 10.9. The van der Waals surface area contributed by atoms with Crippen LogP contribution in [0.1, 0.15) is 72.1 Å². The van der Waals surface area contributed by atoms with Gasteiger partial charge in [0.25, 0.3) is 0 Å². The van der Waals surface area contributed by atoms with Crippen LogP contribution in [0.4, 0.5) is 0 Å². The Hall–Kier alpha value is -0.953. The van der Waals surface area contributed by atoms with E-state index >= 15 is 0 Å². The minimum Gasteiger partial charge on any atom is -0.414 e. The molecule has 3 fully saturated rings. The predicted molar refractivity (Wildman–Crippen MR) is 127 cm³/mol. The Morgan fingerprint density at radius 2 is 1.87 bits per heavy atom. The third kappa shape index (κ3) is 5.35. The number of hydrogen-bond donors (Lipinski definition) is 0. The highest BCUT2D eigenvalue weighted by atomic mass is 28.4.